The van der Waals surface area contributed by atoms with Crippen LogP contribution >= 0.6 is 11.8 Å². The number of rotatable bonds is 5. The van der Waals surface area contributed by atoms with Gasteiger partial charge in [-0.15, -0.1) is 0 Å². The summed E-state index contributed by atoms with van der Waals surface area (Å²) in [5.74, 6) is 0.948. The van der Waals surface area contributed by atoms with Crippen LogP contribution in [0.15, 0.2) is 24.3 Å². The van der Waals surface area contributed by atoms with Crippen LogP contribution in [0.4, 0.5) is 13.2 Å². The van der Waals surface area contributed by atoms with E-state index in [4.69, 9.17) is 0 Å². The van der Waals surface area contributed by atoms with Gasteiger partial charge in [-0.25, -0.2) is 0 Å². The highest BCUT2D eigenvalue weighted by Gasteiger charge is 2.30. The first-order valence-electron chi connectivity index (χ1n) is 5.34. The van der Waals surface area contributed by atoms with Gasteiger partial charge in [-0.05, 0) is 30.9 Å². The summed E-state index contributed by atoms with van der Waals surface area (Å²) < 4.78 is 37.5. The normalized spacial score (nSPS) is 13.7. The van der Waals surface area contributed by atoms with Crippen molar-refractivity contribution >= 4 is 11.8 Å². The van der Waals surface area contributed by atoms with Gasteiger partial charge in [0, 0.05) is 18.3 Å². The third-order valence-corrected chi connectivity index (χ3v) is 3.08. The second-order valence-electron chi connectivity index (χ2n) is 3.79. The van der Waals surface area contributed by atoms with E-state index in [0.717, 1.165) is 18.4 Å². The Balaban J connectivity index is 2.71. The topological polar surface area (TPSA) is 12.0 Å². The summed E-state index contributed by atoms with van der Waals surface area (Å²) in [6, 6.07) is 5.40. The van der Waals surface area contributed by atoms with Gasteiger partial charge >= 0.3 is 6.18 Å². The molecule has 1 rings (SSSR count). The second kappa shape index (κ2) is 6.31. The summed E-state index contributed by atoms with van der Waals surface area (Å²) in [6.07, 6.45) is -2.27. The van der Waals surface area contributed by atoms with Crippen LogP contribution in [0.5, 0.6) is 0 Å². The number of halogens is 3. The Morgan fingerprint density at radius 2 is 2.06 bits per heavy atom. The van der Waals surface area contributed by atoms with Gasteiger partial charge in [0.2, 0.25) is 0 Å². The maximum absolute atomic E-state index is 12.5. The summed E-state index contributed by atoms with van der Waals surface area (Å²) >= 11 is 1.70. The van der Waals surface area contributed by atoms with E-state index in [-0.39, 0.29) is 6.04 Å². The maximum atomic E-state index is 12.5. The molecule has 0 aliphatic carbocycles. The highest BCUT2D eigenvalue weighted by molar-refractivity contribution is 7.98. The number of alkyl halides is 3. The molecule has 0 radical (unpaired) electrons. The van der Waals surface area contributed by atoms with Crippen molar-refractivity contribution in [1.29, 1.82) is 0 Å². The minimum Gasteiger partial charge on any atom is -0.309 e. The number of hydrogen-bond donors (Lipinski definition) is 1. The van der Waals surface area contributed by atoms with Crippen LogP contribution in [0.25, 0.3) is 0 Å². The molecule has 17 heavy (non-hydrogen) atoms. The van der Waals surface area contributed by atoms with E-state index < -0.39 is 11.7 Å². The predicted octanol–water partition coefficient (Wildman–Crippen LogP) is 3.72. The molecule has 0 saturated heterocycles. The van der Waals surface area contributed by atoms with Gasteiger partial charge in [-0.1, -0.05) is 12.1 Å². The third-order valence-electron chi connectivity index (χ3n) is 2.47. The lowest BCUT2D eigenvalue weighted by Crippen LogP contribution is -2.21. The Labute approximate surface area is 104 Å². The van der Waals surface area contributed by atoms with Gasteiger partial charge in [-0.3, -0.25) is 0 Å². The van der Waals surface area contributed by atoms with Crippen molar-refractivity contribution in [2.75, 3.05) is 18.6 Å². The van der Waals surface area contributed by atoms with E-state index >= 15 is 0 Å². The molecule has 0 spiro atoms. The van der Waals surface area contributed by atoms with Crippen LogP contribution in [0, 0.1) is 0 Å². The first-order valence-corrected chi connectivity index (χ1v) is 6.74. The van der Waals surface area contributed by atoms with Crippen LogP contribution in [0.3, 0.4) is 0 Å². The van der Waals surface area contributed by atoms with Gasteiger partial charge in [-0.2, -0.15) is 24.9 Å². The zero-order valence-electron chi connectivity index (χ0n) is 9.84. The number of hydrogen-bond acceptors (Lipinski definition) is 2. The molecule has 1 aromatic carbocycles. The third kappa shape index (κ3) is 4.60. The largest absolute Gasteiger partial charge is 0.416 e. The van der Waals surface area contributed by atoms with Crippen LogP contribution in [0.1, 0.15) is 24.1 Å². The second-order valence-corrected chi connectivity index (χ2v) is 4.78. The quantitative estimate of drug-likeness (QED) is 0.813. The number of benzene rings is 1. The minimum absolute atomic E-state index is 0.0653. The maximum Gasteiger partial charge on any atom is 0.416 e. The van der Waals surface area contributed by atoms with E-state index in [1.807, 2.05) is 13.2 Å². The standard InChI is InChI=1S/C12H16F3NS/c1-9(16-6-7-17-2)10-4-3-5-11(8-10)12(13,14)15/h3-5,8-9,16H,6-7H2,1-2H3. The summed E-state index contributed by atoms with van der Waals surface area (Å²) in [6.45, 7) is 2.66. The van der Waals surface area contributed by atoms with Gasteiger partial charge in [0.25, 0.3) is 0 Å². The van der Waals surface area contributed by atoms with Crippen molar-refractivity contribution in [3.8, 4) is 0 Å². The average molecular weight is 263 g/mol. The lowest BCUT2D eigenvalue weighted by Gasteiger charge is -2.15. The van der Waals surface area contributed by atoms with Crippen molar-refractivity contribution < 1.29 is 13.2 Å². The number of nitrogens with one attached hydrogen (secondary N) is 1. The van der Waals surface area contributed by atoms with Crippen molar-refractivity contribution in [2.24, 2.45) is 0 Å². The summed E-state index contributed by atoms with van der Waals surface area (Å²) in [4.78, 5) is 0. The molecule has 1 N–H and O–H groups in total. The molecule has 1 unspecified atom stereocenters. The van der Waals surface area contributed by atoms with Crippen molar-refractivity contribution in [2.45, 2.75) is 19.1 Å². The molecule has 0 bridgehead atoms. The highest BCUT2D eigenvalue weighted by Crippen LogP contribution is 2.30. The fourth-order valence-corrected chi connectivity index (χ4v) is 1.80. The zero-order valence-corrected chi connectivity index (χ0v) is 10.7. The SMILES string of the molecule is CSCCNC(C)c1cccc(C(F)(F)F)c1. The summed E-state index contributed by atoms with van der Waals surface area (Å²) in [5.41, 5.74) is 0.0782. The smallest absolute Gasteiger partial charge is 0.309 e. The highest BCUT2D eigenvalue weighted by atomic mass is 32.2. The fraction of sp³-hybridized carbons (Fsp3) is 0.500. The molecule has 0 amide bonds. The zero-order chi connectivity index (χ0) is 12.9. The van der Waals surface area contributed by atoms with Crippen molar-refractivity contribution in [1.82, 2.24) is 5.32 Å². The molecule has 1 nitrogen and oxygen atoms in total. The monoisotopic (exact) mass is 263 g/mol. The van der Waals surface area contributed by atoms with Crippen molar-refractivity contribution in [3.63, 3.8) is 0 Å². The van der Waals surface area contributed by atoms with E-state index in [9.17, 15) is 13.2 Å². The van der Waals surface area contributed by atoms with E-state index in [2.05, 4.69) is 5.32 Å². The van der Waals surface area contributed by atoms with Crippen LogP contribution in [-0.4, -0.2) is 18.6 Å². The molecule has 1 aromatic rings. The minimum atomic E-state index is -4.27. The fourth-order valence-electron chi connectivity index (χ4n) is 1.48. The Bertz CT molecular complexity index is 352. The first-order chi connectivity index (χ1) is 7.95. The van der Waals surface area contributed by atoms with Gasteiger partial charge < -0.3 is 5.32 Å². The molecular formula is C12H16F3NS. The van der Waals surface area contributed by atoms with Gasteiger partial charge in [0.1, 0.15) is 0 Å². The number of thioether (sulfide) groups is 1. The molecule has 0 aromatic heterocycles. The van der Waals surface area contributed by atoms with Crippen LogP contribution in [-0.2, 0) is 6.18 Å². The Kier molecular flexibility index (Phi) is 5.33. The van der Waals surface area contributed by atoms with Gasteiger partial charge in [0.05, 0.1) is 5.56 Å². The van der Waals surface area contributed by atoms with E-state index in [0.29, 0.717) is 5.56 Å². The molecular weight excluding hydrogens is 247 g/mol. The molecule has 0 aliphatic rings. The molecule has 0 saturated carbocycles. The van der Waals surface area contributed by atoms with Crippen LogP contribution in [0.2, 0.25) is 0 Å². The molecule has 5 heteroatoms. The first kappa shape index (κ1) is 14.4. The van der Waals surface area contributed by atoms with E-state index in [1.54, 1.807) is 17.8 Å². The molecule has 1 atom stereocenters. The van der Waals surface area contributed by atoms with E-state index in [1.165, 1.54) is 12.1 Å². The summed E-state index contributed by atoms with van der Waals surface area (Å²) in [5, 5.41) is 3.19. The molecule has 96 valence electrons. The van der Waals surface area contributed by atoms with Crippen LogP contribution < -0.4 is 5.32 Å². The molecule has 0 fully saturated rings. The Morgan fingerprint density at radius 3 is 2.65 bits per heavy atom. The lowest BCUT2D eigenvalue weighted by atomic mass is 10.1. The van der Waals surface area contributed by atoms with Gasteiger partial charge in [0.15, 0.2) is 0 Å². The molecule has 0 heterocycles. The Morgan fingerprint density at radius 1 is 1.35 bits per heavy atom. The van der Waals surface area contributed by atoms with Crippen molar-refractivity contribution in [3.05, 3.63) is 35.4 Å². The average Bonchev–Trinajstić information content (AvgIpc) is 2.28. The Hall–Kier alpha value is -0.680. The lowest BCUT2D eigenvalue weighted by molar-refractivity contribution is -0.137. The summed E-state index contributed by atoms with van der Waals surface area (Å²) in [7, 11) is 0. The molecule has 0 aliphatic heterocycles. The predicted molar refractivity (Wildman–Crippen MR) is 66.2 cm³/mol.